The Morgan fingerprint density at radius 2 is 1.67 bits per heavy atom. The van der Waals surface area contributed by atoms with Crippen molar-refractivity contribution in [1.82, 2.24) is 14.7 Å². The van der Waals surface area contributed by atoms with Gasteiger partial charge in [-0.25, -0.2) is 4.79 Å². The second-order valence-corrected chi connectivity index (χ2v) is 5.05. The average Bonchev–Trinajstić information content (AvgIpc) is 2.94. The molecular formula is C13H22N4O. The third-order valence-corrected chi connectivity index (χ3v) is 3.94. The lowest BCUT2D eigenvalue weighted by molar-refractivity contribution is 0.106. The highest BCUT2D eigenvalue weighted by Crippen LogP contribution is 2.14. The Morgan fingerprint density at radius 1 is 1.11 bits per heavy atom. The van der Waals surface area contributed by atoms with Crippen LogP contribution in [-0.2, 0) is 0 Å². The van der Waals surface area contributed by atoms with Gasteiger partial charge in [0, 0.05) is 39.3 Å². The summed E-state index contributed by atoms with van der Waals surface area (Å²) in [7, 11) is 0. The smallest absolute Gasteiger partial charge is 0.320 e. The summed E-state index contributed by atoms with van der Waals surface area (Å²) >= 11 is 0. The van der Waals surface area contributed by atoms with Gasteiger partial charge in [0.2, 0.25) is 0 Å². The zero-order valence-electron chi connectivity index (χ0n) is 11.1. The van der Waals surface area contributed by atoms with Gasteiger partial charge in [-0.05, 0) is 19.3 Å². The molecule has 1 atom stereocenters. The molecule has 100 valence electrons. The van der Waals surface area contributed by atoms with Crippen LogP contribution in [0.4, 0.5) is 4.79 Å². The number of hydrogen-bond acceptors (Lipinski definition) is 3. The Labute approximate surface area is 109 Å². The van der Waals surface area contributed by atoms with E-state index in [1.165, 1.54) is 0 Å². The summed E-state index contributed by atoms with van der Waals surface area (Å²) in [4.78, 5) is 18.3. The van der Waals surface area contributed by atoms with Crippen LogP contribution in [0.15, 0.2) is 0 Å². The van der Waals surface area contributed by atoms with Gasteiger partial charge in [-0.1, -0.05) is 6.92 Å². The van der Waals surface area contributed by atoms with Crippen molar-refractivity contribution in [3.8, 4) is 6.07 Å². The van der Waals surface area contributed by atoms with Gasteiger partial charge in [0.1, 0.15) is 0 Å². The molecule has 0 spiro atoms. The van der Waals surface area contributed by atoms with E-state index in [9.17, 15) is 4.79 Å². The molecule has 0 radical (unpaired) electrons. The second kappa shape index (κ2) is 6.05. The van der Waals surface area contributed by atoms with Crippen molar-refractivity contribution >= 4 is 6.03 Å². The second-order valence-electron chi connectivity index (χ2n) is 5.05. The van der Waals surface area contributed by atoms with Crippen molar-refractivity contribution in [2.45, 2.75) is 32.2 Å². The Bertz CT molecular complexity index is 324. The van der Waals surface area contributed by atoms with E-state index in [0.717, 1.165) is 58.5 Å². The summed E-state index contributed by atoms with van der Waals surface area (Å²) in [5.74, 6) is 0. The zero-order valence-corrected chi connectivity index (χ0v) is 11.1. The number of carbonyl (C=O) groups excluding carboxylic acids is 1. The van der Waals surface area contributed by atoms with Crippen molar-refractivity contribution in [3.05, 3.63) is 0 Å². The molecule has 1 unspecified atom stereocenters. The summed E-state index contributed by atoms with van der Waals surface area (Å²) in [6, 6.07) is 2.53. The molecule has 2 aliphatic heterocycles. The van der Waals surface area contributed by atoms with E-state index in [0.29, 0.717) is 0 Å². The van der Waals surface area contributed by atoms with E-state index in [2.05, 4.69) is 11.0 Å². The molecule has 0 aromatic heterocycles. The maximum absolute atomic E-state index is 12.2. The van der Waals surface area contributed by atoms with Crippen LogP contribution in [-0.4, -0.2) is 66.0 Å². The molecule has 2 heterocycles. The number of piperazine rings is 1. The fourth-order valence-electron chi connectivity index (χ4n) is 2.76. The van der Waals surface area contributed by atoms with Crippen LogP contribution < -0.4 is 0 Å². The van der Waals surface area contributed by atoms with Gasteiger partial charge in [-0.15, -0.1) is 0 Å². The molecule has 18 heavy (non-hydrogen) atoms. The number of hydrogen-bond donors (Lipinski definition) is 0. The minimum atomic E-state index is 0.00837. The van der Waals surface area contributed by atoms with E-state index in [4.69, 9.17) is 5.26 Å². The van der Waals surface area contributed by atoms with Crippen LogP contribution in [0, 0.1) is 11.3 Å². The summed E-state index contributed by atoms with van der Waals surface area (Å²) < 4.78 is 0. The molecule has 2 fully saturated rings. The Kier molecular flexibility index (Phi) is 4.43. The number of nitriles is 1. The maximum Gasteiger partial charge on any atom is 0.320 e. The van der Waals surface area contributed by atoms with Gasteiger partial charge >= 0.3 is 6.03 Å². The maximum atomic E-state index is 12.2. The molecule has 2 amide bonds. The largest absolute Gasteiger partial charge is 0.325 e. The summed E-state index contributed by atoms with van der Waals surface area (Å²) in [6.07, 6.45) is 3.13. The standard InChI is InChI=1S/C13H22N4O/c1-2-12(11-14)15-7-9-17(10-8-15)13(18)16-5-3-4-6-16/h12H,2-10H2,1H3. The molecule has 5 heteroatoms. The van der Waals surface area contributed by atoms with E-state index >= 15 is 0 Å². The van der Waals surface area contributed by atoms with Gasteiger partial charge in [0.15, 0.2) is 0 Å². The summed E-state index contributed by atoms with van der Waals surface area (Å²) in [6.45, 7) is 7.03. The van der Waals surface area contributed by atoms with Crippen molar-refractivity contribution in [2.75, 3.05) is 39.3 Å². The fraction of sp³-hybridized carbons (Fsp3) is 0.846. The van der Waals surface area contributed by atoms with Crippen LogP contribution in [0.5, 0.6) is 0 Å². The molecule has 2 rings (SSSR count). The minimum absolute atomic E-state index is 0.00837. The van der Waals surface area contributed by atoms with Gasteiger partial charge < -0.3 is 9.80 Å². The van der Waals surface area contributed by atoms with E-state index in [1.807, 2.05) is 16.7 Å². The number of nitrogens with zero attached hydrogens (tertiary/aromatic N) is 4. The molecule has 0 bridgehead atoms. The van der Waals surface area contributed by atoms with Gasteiger partial charge in [0.25, 0.3) is 0 Å². The highest BCUT2D eigenvalue weighted by atomic mass is 16.2. The van der Waals surface area contributed by atoms with E-state index in [-0.39, 0.29) is 12.1 Å². The first-order chi connectivity index (χ1) is 8.76. The van der Waals surface area contributed by atoms with Crippen LogP contribution in [0.2, 0.25) is 0 Å². The third-order valence-electron chi connectivity index (χ3n) is 3.94. The molecule has 2 aliphatic rings. The lowest BCUT2D eigenvalue weighted by Gasteiger charge is -2.38. The molecule has 0 aromatic carbocycles. The van der Waals surface area contributed by atoms with Crippen molar-refractivity contribution < 1.29 is 4.79 Å². The Hall–Kier alpha value is -1.28. The molecule has 0 N–H and O–H groups in total. The molecular weight excluding hydrogens is 228 g/mol. The lowest BCUT2D eigenvalue weighted by Crippen LogP contribution is -2.54. The van der Waals surface area contributed by atoms with E-state index < -0.39 is 0 Å². The third kappa shape index (κ3) is 2.75. The average molecular weight is 250 g/mol. The fourth-order valence-corrected chi connectivity index (χ4v) is 2.76. The van der Waals surface area contributed by atoms with Gasteiger partial charge in [0.05, 0.1) is 12.1 Å². The summed E-state index contributed by atoms with van der Waals surface area (Å²) in [5.41, 5.74) is 0. The van der Waals surface area contributed by atoms with Crippen molar-refractivity contribution in [2.24, 2.45) is 0 Å². The van der Waals surface area contributed by atoms with Crippen LogP contribution in [0.3, 0.4) is 0 Å². The topological polar surface area (TPSA) is 50.6 Å². The molecule has 0 aromatic rings. The lowest BCUT2D eigenvalue weighted by atomic mass is 10.2. The number of likely N-dealkylation sites (tertiary alicyclic amines) is 1. The van der Waals surface area contributed by atoms with Gasteiger partial charge in [-0.2, -0.15) is 5.26 Å². The minimum Gasteiger partial charge on any atom is -0.325 e. The number of rotatable bonds is 2. The quantitative estimate of drug-likeness (QED) is 0.738. The van der Waals surface area contributed by atoms with Crippen molar-refractivity contribution in [1.29, 1.82) is 5.26 Å². The SMILES string of the molecule is CCC(C#N)N1CCN(C(=O)N2CCCC2)CC1. The molecule has 5 nitrogen and oxygen atoms in total. The molecule has 0 saturated carbocycles. The highest BCUT2D eigenvalue weighted by Gasteiger charge is 2.28. The van der Waals surface area contributed by atoms with Gasteiger partial charge in [-0.3, -0.25) is 4.90 Å². The first-order valence-corrected chi connectivity index (χ1v) is 6.93. The predicted octanol–water partition coefficient (Wildman–Crippen LogP) is 1.12. The predicted molar refractivity (Wildman–Crippen MR) is 69.0 cm³/mol. The monoisotopic (exact) mass is 250 g/mol. The zero-order chi connectivity index (χ0) is 13.0. The Morgan fingerprint density at radius 3 is 2.17 bits per heavy atom. The van der Waals surface area contributed by atoms with Crippen LogP contribution in [0.25, 0.3) is 0 Å². The van der Waals surface area contributed by atoms with Crippen LogP contribution >= 0.6 is 0 Å². The molecule has 2 saturated heterocycles. The van der Waals surface area contributed by atoms with Crippen molar-refractivity contribution in [3.63, 3.8) is 0 Å². The number of urea groups is 1. The number of amides is 2. The number of carbonyl (C=O) groups is 1. The summed E-state index contributed by atoms with van der Waals surface area (Å²) in [5, 5.41) is 9.05. The normalized spacial score (nSPS) is 22.9. The first-order valence-electron chi connectivity index (χ1n) is 6.93. The first kappa shape index (κ1) is 13.2. The van der Waals surface area contributed by atoms with E-state index in [1.54, 1.807) is 0 Å². The molecule has 0 aliphatic carbocycles. The highest BCUT2D eigenvalue weighted by molar-refractivity contribution is 5.74. The Balaban J connectivity index is 1.83. The van der Waals surface area contributed by atoms with Crippen LogP contribution in [0.1, 0.15) is 26.2 Å².